The Morgan fingerprint density at radius 1 is 1.78 bits per heavy atom. The summed E-state index contributed by atoms with van der Waals surface area (Å²) in [4.78, 5) is 10.1. The van der Waals surface area contributed by atoms with Crippen LogP contribution < -0.4 is 0 Å². The van der Waals surface area contributed by atoms with Gasteiger partial charge in [-0.15, -0.1) is 0 Å². The van der Waals surface area contributed by atoms with E-state index >= 15 is 0 Å². The van der Waals surface area contributed by atoms with Crippen molar-refractivity contribution in [2.45, 2.75) is 20.3 Å². The Morgan fingerprint density at radius 2 is 2.33 bits per heavy atom. The number of hydrogen-bond donors (Lipinski definition) is 1. The molecule has 0 rings (SSSR count). The minimum Gasteiger partial charge on any atom is -0.481 e. The van der Waals surface area contributed by atoms with Gasteiger partial charge < -0.3 is 9.84 Å². The molecule has 0 aliphatic rings. The van der Waals surface area contributed by atoms with E-state index in [0.717, 1.165) is 0 Å². The molecule has 0 atom stereocenters. The maximum atomic E-state index is 10.1. The number of carbonyl (C=O) groups is 1. The lowest BCUT2D eigenvalue weighted by molar-refractivity contribution is -0.140. The lowest BCUT2D eigenvalue weighted by atomic mass is 10.5. The molecule has 0 fully saturated rings. The van der Waals surface area contributed by atoms with Crippen LogP contribution in [0.3, 0.4) is 0 Å². The van der Waals surface area contributed by atoms with E-state index in [4.69, 9.17) is 5.11 Å². The lowest BCUT2D eigenvalue weighted by Crippen LogP contribution is -1.97. The Morgan fingerprint density at radius 3 is 2.67 bits per heavy atom. The van der Waals surface area contributed by atoms with Crippen LogP contribution in [0.2, 0.25) is 0 Å². The fourth-order valence-corrected chi connectivity index (χ4v) is 0.364. The number of ether oxygens (including phenoxy) is 1. The van der Waals surface area contributed by atoms with Gasteiger partial charge >= 0.3 is 5.97 Å². The van der Waals surface area contributed by atoms with Crippen molar-refractivity contribution in [3.8, 4) is 0 Å². The number of rotatable bonds is 2. The van der Waals surface area contributed by atoms with Crippen molar-refractivity contribution in [2.75, 3.05) is 0 Å². The molecule has 0 aromatic rings. The second-order valence-corrected chi connectivity index (χ2v) is 1.54. The predicted molar refractivity (Wildman–Crippen MR) is 32.8 cm³/mol. The van der Waals surface area contributed by atoms with Gasteiger partial charge in [0.25, 0.3) is 5.95 Å². The highest BCUT2D eigenvalue weighted by Gasteiger charge is 1.94. The zero-order chi connectivity index (χ0) is 7.28. The summed E-state index contributed by atoms with van der Waals surface area (Å²) in [6, 6.07) is 0. The topological polar surface area (TPSA) is 46.5 Å². The molecule has 1 N–H and O–H groups in total. The van der Waals surface area contributed by atoms with Crippen molar-refractivity contribution in [1.29, 1.82) is 0 Å². The number of carbonyl (C=O) groups excluding carboxylic acids is 1. The maximum Gasteiger partial charge on any atom is 0.310 e. The average molecular weight is 130 g/mol. The van der Waals surface area contributed by atoms with Crippen molar-refractivity contribution < 1.29 is 14.6 Å². The Kier molecular flexibility index (Phi) is 3.51. The van der Waals surface area contributed by atoms with Crippen LogP contribution in [0.1, 0.15) is 20.3 Å². The summed E-state index contributed by atoms with van der Waals surface area (Å²) >= 11 is 0. The molecule has 0 unspecified atom stereocenters. The number of esters is 1. The minimum atomic E-state index is -0.503. The summed E-state index contributed by atoms with van der Waals surface area (Å²) in [5, 5.41) is 8.64. The van der Waals surface area contributed by atoms with E-state index in [-0.39, 0.29) is 5.95 Å². The second-order valence-electron chi connectivity index (χ2n) is 1.54. The van der Waals surface area contributed by atoms with E-state index in [1.807, 2.05) is 6.92 Å². The Labute approximate surface area is 53.9 Å². The zero-order valence-corrected chi connectivity index (χ0v) is 5.55. The molecule has 0 aromatic carbocycles. The van der Waals surface area contributed by atoms with Gasteiger partial charge in [-0.05, 0) is 12.5 Å². The second kappa shape index (κ2) is 3.95. The van der Waals surface area contributed by atoms with E-state index in [1.165, 1.54) is 13.0 Å². The van der Waals surface area contributed by atoms with Crippen molar-refractivity contribution in [2.24, 2.45) is 0 Å². The average Bonchev–Trinajstić information content (AvgIpc) is 1.63. The molecule has 0 spiro atoms. The number of aliphatic hydroxyl groups excluding tert-OH is 1. The highest BCUT2D eigenvalue weighted by molar-refractivity contribution is 5.66. The summed E-state index contributed by atoms with van der Waals surface area (Å²) < 4.78 is 4.27. The SMILES string of the molecule is CC/C=C(\O)OC(C)=O. The molecule has 0 amide bonds. The molecule has 0 saturated heterocycles. The molecule has 0 aliphatic heterocycles. The normalized spacial score (nSPS) is 11.1. The highest BCUT2D eigenvalue weighted by atomic mass is 16.6. The Balaban J connectivity index is 3.62. The number of aliphatic hydroxyl groups is 1. The van der Waals surface area contributed by atoms with E-state index in [0.29, 0.717) is 6.42 Å². The first kappa shape index (κ1) is 8.01. The van der Waals surface area contributed by atoms with Crippen LogP contribution in [0.25, 0.3) is 0 Å². The van der Waals surface area contributed by atoms with E-state index < -0.39 is 5.97 Å². The zero-order valence-electron chi connectivity index (χ0n) is 5.55. The smallest absolute Gasteiger partial charge is 0.310 e. The predicted octanol–water partition coefficient (Wildman–Crippen LogP) is 1.36. The minimum absolute atomic E-state index is 0.315. The van der Waals surface area contributed by atoms with Crippen molar-refractivity contribution >= 4 is 5.97 Å². The molecular weight excluding hydrogens is 120 g/mol. The van der Waals surface area contributed by atoms with E-state index in [9.17, 15) is 4.79 Å². The molecule has 0 bridgehead atoms. The number of hydrogen-bond acceptors (Lipinski definition) is 3. The molecule has 0 radical (unpaired) electrons. The Hall–Kier alpha value is -0.990. The molecular formula is C6H10O3. The summed E-state index contributed by atoms with van der Waals surface area (Å²) in [6.45, 7) is 3.07. The molecule has 52 valence electrons. The van der Waals surface area contributed by atoms with Gasteiger partial charge in [-0.2, -0.15) is 0 Å². The molecule has 3 heteroatoms. The van der Waals surface area contributed by atoms with E-state index in [1.54, 1.807) is 0 Å². The van der Waals surface area contributed by atoms with Gasteiger partial charge in [0, 0.05) is 6.92 Å². The molecule has 0 aromatic heterocycles. The standard InChI is InChI=1S/C6H10O3/c1-3-4-6(8)9-5(2)7/h4,8H,3H2,1-2H3/b6-4+. The lowest BCUT2D eigenvalue weighted by Gasteiger charge is -1.95. The molecule has 0 saturated carbocycles. The van der Waals surface area contributed by atoms with Gasteiger partial charge in [-0.25, -0.2) is 0 Å². The van der Waals surface area contributed by atoms with Crippen LogP contribution >= 0.6 is 0 Å². The van der Waals surface area contributed by atoms with Gasteiger partial charge in [0.15, 0.2) is 0 Å². The van der Waals surface area contributed by atoms with Gasteiger partial charge in [-0.1, -0.05) is 6.92 Å². The van der Waals surface area contributed by atoms with Crippen LogP contribution in [-0.2, 0) is 9.53 Å². The summed E-state index contributed by atoms with van der Waals surface area (Å²) in [6.07, 6.45) is 2.07. The first-order valence-corrected chi connectivity index (χ1v) is 2.74. The Bertz CT molecular complexity index is 126. The van der Waals surface area contributed by atoms with Crippen LogP contribution in [0.5, 0.6) is 0 Å². The largest absolute Gasteiger partial charge is 0.481 e. The van der Waals surface area contributed by atoms with Gasteiger partial charge in [0.05, 0.1) is 0 Å². The fourth-order valence-electron chi connectivity index (χ4n) is 0.364. The third kappa shape index (κ3) is 4.87. The molecule has 9 heavy (non-hydrogen) atoms. The van der Waals surface area contributed by atoms with Crippen LogP contribution in [0.15, 0.2) is 12.0 Å². The van der Waals surface area contributed by atoms with Crippen molar-refractivity contribution in [3.05, 3.63) is 12.0 Å². The van der Waals surface area contributed by atoms with Crippen LogP contribution in [-0.4, -0.2) is 11.1 Å². The monoisotopic (exact) mass is 130 g/mol. The van der Waals surface area contributed by atoms with Gasteiger partial charge in [-0.3, -0.25) is 4.79 Å². The van der Waals surface area contributed by atoms with Gasteiger partial charge in [0.2, 0.25) is 0 Å². The first-order chi connectivity index (χ1) is 4.16. The van der Waals surface area contributed by atoms with Crippen LogP contribution in [0, 0.1) is 0 Å². The number of allylic oxidation sites excluding steroid dienone is 1. The summed E-state index contributed by atoms with van der Waals surface area (Å²) in [5.41, 5.74) is 0. The summed E-state index contributed by atoms with van der Waals surface area (Å²) in [7, 11) is 0. The first-order valence-electron chi connectivity index (χ1n) is 2.74. The van der Waals surface area contributed by atoms with Gasteiger partial charge in [0.1, 0.15) is 0 Å². The quantitative estimate of drug-likeness (QED) is 0.453. The molecule has 3 nitrogen and oxygen atoms in total. The fraction of sp³-hybridized carbons (Fsp3) is 0.500. The summed E-state index contributed by atoms with van der Waals surface area (Å²) in [5.74, 6) is -0.817. The van der Waals surface area contributed by atoms with Crippen molar-refractivity contribution in [1.82, 2.24) is 0 Å². The van der Waals surface area contributed by atoms with E-state index in [2.05, 4.69) is 4.74 Å². The van der Waals surface area contributed by atoms with Crippen LogP contribution in [0.4, 0.5) is 0 Å². The maximum absolute atomic E-state index is 10.1. The third-order valence-corrected chi connectivity index (χ3v) is 0.627. The third-order valence-electron chi connectivity index (χ3n) is 0.627. The highest BCUT2D eigenvalue weighted by Crippen LogP contribution is 1.93. The van der Waals surface area contributed by atoms with Crippen molar-refractivity contribution in [3.63, 3.8) is 0 Å². The molecule has 0 aliphatic carbocycles. The molecule has 0 heterocycles.